The van der Waals surface area contributed by atoms with Gasteiger partial charge in [-0.25, -0.2) is 9.78 Å². The van der Waals surface area contributed by atoms with E-state index in [4.69, 9.17) is 21.5 Å². The maximum Gasteiger partial charge on any atom is 0.512 e. The van der Waals surface area contributed by atoms with Gasteiger partial charge in [-0.1, -0.05) is 5.16 Å². The summed E-state index contributed by atoms with van der Waals surface area (Å²) in [6.45, 7) is 0. The quantitative estimate of drug-likeness (QED) is 0.169. The van der Waals surface area contributed by atoms with Crippen molar-refractivity contribution in [1.82, 2.24) is 15.2 Å². The molecule has 3 rings (SSSR count). The van der Waals surface area contributed by atoms with Gasteiger partial charge in [0.2, 0.25) is 11.8 Å². The lowest BCUT2D eigenvalue weighted by molar-refractivity contribution is -0.148. The molecule has 2 aliphatic rings. The molecule has 15 heteroatoms. The molecule has 1 aromatic rings. The number of fused-ring (bicyclic) bond motifs is 1. The first-order valence-corrected chi connectivity index (χ1v) is 10.6. The lowest BCUT2D eigenvalue weighted by atomic mass is 10.1. The Balaban J connectivity index is 1.70. The van der Waals surface area contributed by atoms with Gasteiger partial charge in [-0.2, -0.15) is 0 Å². The molecule has 2 aliphatic heterocycles. The van der Waals surface area contributed by atoms with Crippen LogP contribution in [0.15, 0.2) is 22.5 Å². The predicted octanol–water partition coefficient (Wildman–Crippen LogP) is 0.607. The summed E-state index contributed by atoms with van der Waals surface area (Å²) in [6.07, 6.45) is -0.0723. The van der Waals surface area contributed by atoms with Crippen molar-refractivity contribution >= 4 is 69.4 Å². The highest BCUT2D eigenvalue weighted by atomic mass is 35.5. The van der Waals surface area contributed by atoms with Gasteiger partial charge in [-0.3, -0.25) is 19.3 Å². The number of nitrogens with zero attached hydrogens (tertiary/aromatic N) is 3. The van der Waals surface area contributed by atoms with E-state index in [1.807, 2.05) is 0 Å². The Morgan fingerprint density at radius 3 is 2.90 bits per heavy atom. The smallest absolute Gasteiger partial charge is 0.449 e. The van der Waals surface area contributed by atoms with Crippen molar-refractivity contribution in [2.24, 2.45) is 5.16 Å². The number of ether oxygens (including phenoxy) is 1. The third-order valence-corrected chi connectivity index (χ3v) is 5.98. The number of carbonyl (C=O) groups excluding carboxylic acids is 3. The van der Waals surface area contributed by atoms with Gasteiger partial charge in [-0.15, -0.1) is 34.7 Å². The molecule has 0 spiro atoms. The van der Waals surface area contributed by atoms with E-state index in [2.05, 4.69) is 25.5 Å². The van der Waals surface area contributed by atoms with Crippen LogP contribution in [0.3, 0.4) is 0 Å². The van der Waals surface area contributed by atoms with Crippen LogP contribution in [-0.4, -0.2) is 74.7 Å². The van der Waals surface area contributed by atoms with Crippen LogP contribution < -0.4 is 10.6 Å². The first kappa shape index (κ1) is 21.9. The number of carboxylic acid groups (broad SMARTS) is 1. The van der Waals surface area contributed by atoms with E-state index in [0.717, 1.165) is 16.2 Å². The lowest BCUT2D eigenvalue weighted by Crippen LogP contribution is -2.70. The molecule has 160 valence electrons. The summed E-state index contributed by atoms with van der Waals surface area (Å²) in [6, 6.07) is -0.917. The van der Waals surface area contributed by atoms with Gasteiger partial charge in [-0.05, 0) is 6.08 Å². The second-order valence-corrected chi connectivity index (χ2v) is 7.91. The first-order valence-electron chi connectivity index (χ1n) is 8.15. The van der Waals surface area contributed by atoms with Crippen LogP contribution in [-0.2, 0) is 24.0 Å². The number of alkyl halides is 1. The number of anilines is 1. The first-order chi connectivity index (χ1) is 14.3. The molecule has 0 unspecified atom stereocenters. The Kier molecular flexibility index (Phi) is 6.79. The zero-order chi connectivity index (χ0) is 21.8. The zero-order valence-electron chi connectivity index (χ0n) is 15.2. The van der Waals surface area contributed by atoms with Crippen molar-refractivity contribution < 1.29 is 33.9 Å². The van der Waals surface area contributed by atoms with Crippen LogP contribution in [0.1, 0.15) is 5.69 Å². The van der Waals surface area contributed by atoms with Crippen LogP contribution >= 0.6 is 34.7 Å². The van der Waals surface area contributed by atoms with E-state index in [9.17, 15) is 19.2 Å². The van der Waals surface area contributed by atoms with Crippen LogP contribution in [0.2, 0.25) is 0 Å². The maximum atomic E-state index is 12.7. The summed E-state index contributed by atoms with van der Waals surface area (Å²) < 4.78 is 4.61. The highest BCUT2D eigenvalue weighted by Gasteiger charge is 2.53. The zero-order valence-corrected chi connectivity index (χ0v) is 17.5. The number of oxime groups is 1. The maximum absolute atomic E-state index is 12.7. The van der Waals surface area contributed by atoms with E-state index in [0.29, 0.717) is 5.75 Å². The second-order valence-electron chi connectivity index (χ2n) is 5.64. The molecule has 0 aromatic carbocycles. The molecule has 0 bridgehead atoms. The number of nitrogens with one attached hydrogen (secondary N) is 2. The summed E-state index contributed by atoms with van der Waals surface area (Å²) in [4.78, 5) is 57.3. The minimum Gasteiger partial charge on any atom is -0.449 e. The van der Waals surface area contributed by atoms with Gasteiger partial charge in [0.25, 0.3) is 11.8 Å². The number of amides is 3. The number of thioether (sulfide) groups is 1. The van der Waals surface area contributed by atoms with Crippen molar-refractivity contribution in [3.63, 3.8) is 0 Å². The van der Waals surface area contributed by atoms with Gasteiger partial charge >= 0.3 is 6.16 Å². The number of aromatic nitrogens is 1. The standard InChI is InChI=1S/C15H14ClN5O7S2/c1-27-20-9(6-5-30-14(17-6)18-7(22)4-16)11(23)19-10-12(24)21-8(28-15(25)26)2-3-29-13(10)21/h2,5,10,13H,3-4H2,1H3,(H,19,23)(H,25,26)(H,17,18,22)/t10-,13+/m1/s1. The van der Waals surface area contributed by atoms with Gasteiger partial charge < -0.3 is 25.3 Å². The molecule has 1 fully saturated rings. The molecule has 3 heterocycles. The molecule has 0 saturated carbocycles. The number of rotatable bonds is 7. The van der Waals surface area contributed by atoms with E-state index < -0.39 is 35.3 Å². The molecular weight excluding hydrogens is 462 g/mol. The Hall–Kier alpha value is -2.84. The number of hydrogen-bond acceptors (Lipinski definition) is 10. The normalized spacial score (nSPS) is 20.5. The summed E-state index contributed by atoms with van der Waals surface area (Å²) in [7, 11) is 1.24. The Morgan fingerprint density at radius 2 is 2.23 bits per heavy atom. The number of carbonyl (C=O) groups is 4. The van der Waals surface area contributed by atoms with Crippen molar-refractivity contribution in [2.45, 2.75) is 11.4 Å². The van der Waals surface area contributed by atoms with Crippen LogP contribution in [0.5, 0.6) is 0 Å². The fraction of sp³-hybridized carbons (Fsp3) is 0.333. The van der Waals surface area contributed by atoms with Gasteiger partial charge in [0.15, 0.2) is 10.8 Å². The summed E-state index contributed by atoms with van der Waals surface area (Å²) in [5.41, 5.74) is -0.0799. The van der Waals surface area contributed by atoms with Gasteiger partial charge in [0.1, 0.15) is 30.1 Å². The van der Waals surface area contributed by atoms with Crippen molar-refractivity contribution in [2.75, 3.05) is 24.1 Å². The Labute approximate surface area is 182 Å². The Bertz CT molecular complexity index is 950. The third-order valence-electron chi connectivity index (χ3n) is 3.80. The molecule has 2 atom stereocenters. The van der Waals surface area contributed by atoms with Crippen molar-refractivity contribution in [3.05, 3.63) is 23.0 Å². The van der Waals surface area contributed by atoms with Gasteiger partial charge in [0, 0.05) is 11.1 Å². The number of halogens is 1. The summed E-state index contributed by atoms with van der Waals surface area (Å²) in [5, 5.41) is 18.6. The molecule has 30 heavy (non-hydrogen) atoms. The van der Waals surface area contributed by atoms with E-state index in [1.54, 1.807) is 0 Å². The molecule has 3 N–H and O–H groups in total. The third kappa shape index (κ3) is 4.49. The fourth-order valence-corrected chi connectivity index (χ4v) is 4.54. The monoisotopic (exact) mass is 475 g/mol. The van der Waals surface area contributed by atoms with E-state index in [1.165, 1.54) is 30.3 Å². The van der Waals surface area contributed by atoms with Gasteiger partial charge in [0.05, 0.1) is 0 Å². The molecule has 12 nitrogen and oxygen atoms in total. The van der Waals surface area contributed by atoms with E-state index >= 15 is 0 Å². The second kappa shape index (κ2) is 9.32. The molecule has 1 aromatic heterocycles. The molecule has 1 saturated heterocycles. The summed E-state index contributed by atoms with van der Waals surface area (Å²) >= 11 is 7.81. The highest BCUT2D eigenvalue weighted by Crippen LogP contribution is 2.37. The van der Waals surface area contributed by atoms with E-state index in [-0.39, 0.29) is 28.3 Å². The summed E-state index contributed by atoms with van der Waals surface area (Å²) in [5.74, 6) is -1.67. The molecule has 3 amide bonds. The number of thiazole rings is 1. The largest absolute Gasteiger partial charge is 0.512 e. The van der Waals surface area contributed by atoms with Crippen LogP contribution in [0.4, 0.5) is 9.93 Å². The number of hydrogen-bond donors (Lipinski definition) is 3. The van der Waals surface area contributed by atoms with Crippen LogP contribution in [0, 0.1) is 0 Å². The average Bonchev–Trinajstić information content (AvgIpc) is 3.16. The fourth-order valence-electron chi connectivity index (χ4n) is 2.60. The SMILES string of the molecule is CON=C(C(=O)N[C@@H]1C(=O)N2C(OC(=O)O)=CCS[C@@H]12)c1csc(NC(=O)CCl)n1. The molecule has 0 aliphatic carbocycles. The average molecular weight is 476 g/mol. The number of β-lactam (4-membered cyclic amide) rings is 1. The minimum atomic E-state index is -1.54. The molecular formula is C15H14ClN5O7S2. The lowest BCUT2D eigenvalue weighted by Gasteiger charge is -2.47. The minimum absolute atomic E-state index is 0.0910. The Morgan fingerprint density at radius 1 is 1.47 bits per heavy atom. The highest BCUT2D eigenvalue weighted by molar-refractivity contribution is 8.00. The predicted molar refractivity (Wildman–Crippen MR) is 107 cm³/mol. The van der Waals surface area contributed by atoms with Crippen LogP contribution in [0.25, 0.3) is 0 Å². The topological polar surface area (TPSA) is 160 Å². The molecule has 0 radical (unpaired) electrons. The van der Waals surface area contributed by atoms with Crippen molar-refractivity contribution in [3.8, 4) is 0 Å². The van der Waals surface area contributed by atoms with Crippen molar-refractivity contribution in [1.29, 1.82) is 0 Å².